The zero-order chi connectivity index (χ0) is 19.3. The van der Waals surface area contributed by atoms with Gasteiger partial charge in [0.25, 0.3) is 0 Å². The Hall–Kier alpha value is -1.77. The number of anilines is 1. The van der Waals surface area contributed by atoms with Gasteiger partial charge < -0.3 is 16.0 Å². The Labute approximate surface area is 165 Å². The van der Waals surface area contributed by atoms with Gasteiger partial charge in [0.15, 0.2) is 0 Å². The van der Waals surface area contributed by atoms with Gasteiger partial charge >= 0.3 is 6.03 Å². The molecule has 2 aromatic carbocycles. The van der Waals surface area contributed by atoms with E-state index in [0.717, 1.165) is 17.5 Å². The number of hydrogen-bond donors (Lipinski definition) is 5. The van der Waals surface area contributed by atoms with Crippen LogP contribution in [0.15, 0.2) is 48.5 Å². The van der Waals surface area contributed by atoms with Crippen molar-refractivity contribution >= 4 is 33.9 Å². The summed E-state index contributed by atoms with van der Waals surface area (Å²) in [5, 5.41) is 9.61. The number of hydrogen-bond acceptors (Lipinski definition) is 4. The minimum Gasteiger partial charge on any atom is -0.334 e. The molecule has 1 unspecified atom stereocenters. The molecule has 1 aliphatic heterocycles. The van der Waals surface area contributed by atoms with Gasteiger partial charge in [0.2, 0.25) is 0 Å². The van der Waals surface area contributed by atoms with Gasteiger partial charge in [-0.25, -0.2) is 4.79 Å². The van der Waals surface area contributed by atoms with Crippen molar-refractivity contribution in [2.45, 2.75) is 25.6 Å². The van der Waals surface area contributed by atoms with E-state index in [0.29, 0.717) is 35.3 Å². The van der Waals surface area contributed by atoms with E-state index in [9.17, 15) is 13.9 Å². The molecule has 3 rings (SSSR count). The molecule has 0 saturated carbocycles. The highest BCUT2D eigenvalue weighted by atomic mass is 35.5. The predicted octanol–water partition coefficient (Wildman–Crippen LogP) is 4.27. The van der Waals surface area contributed by atoms with E-state index in [1.807, 2.05) is 36.4 Å². The lowest BCUT2D eigenvalue weighted by molar-refractivity contribution is 0.251. The molecule has 1 saturated heterocycles. The smallest absolute Gasteiger partial charge is 0.319 e. The molecule has 8 heteroatoms. The van der Waals surface area contributed by atoms with Crippen molar-refractivity contribution in [3.05, 3.63) is 64.7 Å². The van der Waals surface area contributed by atoms with Crippen LogP contribution in [0.4, 0.5) is 10.5 Å². The molecule has 0 aliphatic carbocycles. The SMILES string of the molecule is O=C(NCc1ccc(Cl)cc1)Nc1ccc(CNC2CCS(O)(O)C2)cc1. The van der Waals surface area contributed by atoms with E-state index >= 15 is 0 Å². The summed E-state index contributed by atoms with van der Waals surface area (Å²) in [5.41, 5.74) is 2.76. The Morgan fingerprint density at radius 2 is 1.67 bits per heavy atom. The fraction of sp³-hybridized carbons (Fsp3) is 0.316. The first-order chi connectivity index (χ1) is 12.9. The van der Waals surface area contributed by atoms with E-state index in [2.05, 4.69) is 16.0 Å². The minimum absolute atomic E-state index is 0.145. The molecule has 6 nitrogen and oxygen atoms in total. The number of nitrogens with one attached hydrogen (secondary N) is 3. The maximum absolute atomic E-state index is 12.0. The van der Waals surface area contributed by atoms with E-state index in [-0.39, 0.29) is 12.1 Å². The number of benzene rings is 2. The number of rotatable bonds is 6. The fourth-order valence-corrected chi connectivity index (χ4v) is 4.79. The predicted molar refractivity (Wildman–Crippen MR) is 112 cm³/mol. The highest BCUT2D eigenvalue weighted by Gasteiger charge is 2.27. The number of halogens is 1. The number of amides is 2. The molecule has 0 bridgehead atoms. The van der Waals surface area contributed by atoms with Crippen LogP contribution in [0.3, 0.4) is 0 Å². The highest BCUT2D eigenvalue weighted by molar-refractivity contribution is 8.24. The van der Waals surface area contributed by atoms with E-state index in [4.69, 9.17) is 11.6 Å². The van der Waals surface area contributed by atoms with Crippen molar-refractivity contribution in [1.82, 2.24) is 10.6 Å². The third kappa shape index (κ3) is 6.41. The zero-order valence-corrected chi connectivity index (χ0v) is 16.4. The van der Waals surface area contributed by atoms with Gasteiger partial charge in [-0.3, -0.25) is 9.11 Å². The van der Waals surface area contributed by atoms with Gasteiger partial charge in [-0.1, -0.05) is 35.9 Å². The largest absolute Gasteiger partial charge is 0.334 e. The van der Waals surface area contributed by atoms with Crippen LogP contribution in [-0.2, 0) is 13.1 Å². The van der Waals surface area contributed by atoms with Gasteiger partial charge in [-0.05, 0) is 41.8 Å². The summed E-state index contributed by atoms with van der Waals surface area (Å²) in [7, 11) is -2.37. The van der Waals surface area contributed by atoms with Crippen LogP contribution in [0.5, 0.6) is 0 Å². The Morgan fingerprint density at radius 1 is 1.04 bits per heavy atom. The molecule has 1 atom stereocenters. The summed E-state index contributed by atoms with van der Waals surface area (Å²) in [6.45, 7) is 1.08. The average molecular weight is 410 g/mol. The second-order valence-electron chi connectivity index (χ2n) is 6.67. The molecule has 27 heavy (non-hydrogen) atoms. The second kappa shape index (κ2) is 8.95. The molecule has 2 aromatic rings. The van der Waals surface area contributed by atoms with Gasteiger partial charge in [0.1, 0.15) is 0 Å². The summed E-state index contributed by atoms with van der Waals surface area (Å²) in [5.74, 6) is 0.916. The number of carbonyl (C=O) groups excluding carboxylic acids is 1. The number of urea groups is 1. The van der Waals surface area contributed by atoms with Gasteiger partial charge in [0.05, 0.1) is 5.75 Å². The van der Waals surface area contributed by atoms with E-state index in [1.54, 1.807) is 12.1 Å². The molecule has 0 aromatic heterocycles. The van der Waals surface area contributed by atoms with Crippen LogP contribution < -0.4 is 16.0 Å². The lowest BCUT2D eigenvalue weighted by atomic mass is 10.2. The van der Waals surface area contributed by atoms with Crippen LogP contribution in [0.25, 0.3) is 0 Å². The molecule has 1 heterocycles. The monoisotopic (exact) mass is 409 g/mol. The van der Waals surface area contributed by atoms with Crippen molar-refractivity contribution in [3.63, 3.8) is 0 Å². The normalized spacial score (nSPS) is 19.4. The molecule has 0 spiro atoms. The van der Waals surface area contributed by atoms with Crippen LogP contribution in [0, 0.1) is 0 Å². The van der Waals surface area contributed by atoms with Crippen molar-refractivity contribution in [2.75, 3.05) is 16.8 Å². The van der Waals surface area contributed by atoms with Crippen molar-refractivity contribution < 1.29 is 13.9 Å². The first kappa shape index (κ1) is 20.0. The first-order valence-electron chi connectivity index (χ1n) is 8.75. The lowest BCUT2D eigenvalue weighted by Crippen LogP contribution is -2.29. The molecule has 0 radical (unpaired) electrons. The summed E-state index contributed by atoms with van der Waals surface area (Å²) in [6, 6.07) is 14.8. The van der Waals surface area contributed by atoms with Crippen LogP contribution in [0.2, 0.25) is 5.02 Å². The Kier molecular flexibility index (Phi) is 6.62. The summed E-state index contributed by atoms with van der Waals surface area (Å²) >= 11 is 5.84. The summed E-state index contributed by atoms with van der Waals surface area (Å²) in [6.07, 6.45) is 0.787. The third-order valence-electron chi connectivity index (χ3n) is 4.43. The average Bonchev–Trinajstić information content (AvgIpc) is 2.99. The van der Waals surface area contributed by atoms with E-state index < -0.39 is 10.6 Å². The van der Waals surface area contributed by atoms with Crippen LogP contribution in [-0.4, -0.2) is 32.7 Å². The fourth-order valence-electron chi connectivity index (χ4n) is 2.91. The van der Waals surface area contributed by atoms with Crippen LogP contribution >= 0.6 is 22.2 Å². The highest BCUT2D eigenvalue weighted by Crippen LogP contribution is 2.45. The zero-order valence-electron chi connectivity index (χ0n) is 14.8. The van der Waals surface area contributed by atoms with Gasteiger partial charge in [0, 0.05) is 35.6 Å². The Balaban J connectivity index is 1.41. The van der Waals surface area contributed by atoms with Crippen molar-refractivity contribution in [2.24, 2.45) is 0 Å². The van der Waals surface area contributed by atoms with E-state index in [1.165, 1.54) is 0 Å². The minimum atomic E-state index is -2.37. The quantitative estimate of drug-likeness (QED) is 0.492. The Morgan fingerprint density at radius 3 is 2.30 bits per heavy atom. The molecule has 1 fully saturated rings. The topological polar surface area (TPSA) is 93.6 Å². The van der Waals surface area contributed by atoms with Crippen molar-refractivity contribution in [1.29, 1.82) is 0 Å². The third-order valence-corrected chi connectivity index (χ3v) is 6.51. The lowest BCUT2D eigenvalue weighted by Gasteiger charge is -2.26. The van der Waals surface area contributed by atoms with Gasteiger partial charge in [-0.15, -0.1) is 0 Å². The van der Waals surface area contributed by atoms with Crippen molar-refractivity contribution in [3.8, 4) is 0 Å². The summed E-state index contributed by atoms with van der Waals surface area (Å²) in [4.78, 5) is 12.0. The van der Waals surface area contributed by atoms with Gasteiger partial charge in [-0.2, -0.15) is 10.6 Å². The molecular formula is C19H24ClN3O3S. The maximum atomic E-state index is 12.0. The maximum Gasteiger partial charge on any atom is 0.319 e. The standard InChI is InChI=1S/C19H24ClN3O3S/c20-16-5-1-14(2-6-16)12-22-19(24)23-17-7-3-15(4-8-17)11-21-18-9-10-27(25,26)13-18/h1-8,18,21,25-26H,9-13H2,(H2,22,23,24). The molecule has 5 N–H and O–H groups in total. The molecular weight excluding hydrogens is 386 g/mol. The summed E-state index contributed by atoms with van der Waals surface area (Å²) < 4.78 is 19.3. The Bertz CT molecular complexity index is 769. The number of carbonyl (C=O) groups is 1. The molecule has 2 amide bonds. The molecule has 1 aliphatic rings. The molecule has 146 valence electrons. The van der Waals surface area contributed by atoms with Crippen LogP contribution in [0.1, 0.15) is 17.5 Å². The first-order valence-corrected chi connectivity index (χ1v) is 11.0. The second-order valence-corrected chi connectivity index (χ2v) is 9.45.